The molecule has 1 aliphatic heterocycles. The van der Waals surface area contributed by atoms with Crippen molar-refractivity contribution in [2.24, 2.45) is 5.73 Å². The summed E-state index contributed by atoms with van der Waals surface area (Å²) in [5, 5.41) is 43.8. The number of ether oxygens (including phenoxy) is 2. The second kappa shape index (κ2) is 8.46. The monoisotopic (exact) mass is 497 g/mol. The van der Waals surface area contributed by atoms with Gasteiger partial charge in [-0.05, 0) is 13.8 Å². The number of hydrogen-bond donors (Lipinski definition) is 5. The van der Waals surface area contributed by atoms with Crippen LogP contribution in [0.25, 0.3) is 0 Å². The molecule has 36 heavy (non-hydrogen) atoms. The Morgan fingerprint density at radius 2 is 1.69 bits per heavy atom. The number of Topliss-reactive ketones (excluding diaryl/α,β-unsaturated/α-hetero) is 1. The maximum absolute atomic E-state index is 13.3. The molecule has 1 fully saturated rings. The van der Waals surface area contributed by atoms with E-state index in [1.165, 1.54) is 19.1 Å². The van der Waals surface area contributed by atoms with E-state index in [1.807, 2.05) is 0 Å². The van der Waals surface area contributed by atoms with E-state index in [2.05, 4.69) is 0 Å². The van der Waals surface area contributed by atoms with Crippen LogP contribution >= 0.6 is 0 Å². The normalized spacial score (nSPS) is 31.4. The largest absolute Gasteiger partial charge is 0.507 e. The first-order valence-corrected chi connectivity index (χ1v) is 11.7. The van der Waals surface area contributed by atoms with Crippen molar-refractivity contribution in [3.8, 4) is 11.5 Å². The quantitative estimate of drug-likeness (QED) is 0.328. The molecular formula is C26H27NO9. The number of carbonyl (C=O) groups excluding carboxylic acids is 3. The van der Waals surface area contributed by atoms with E-state index in [9.17, 15) is 34.8 Å². The molecule has 0 amide bonds. The summed E-state index contributed by atoms with van der Waals surface area (Å²) in [6.45, 7) is 2.80. The van der Waals surface area contributed by atoms with E-state index < -0.39 is 71.5 Å². The van der Waals surface area contributed by atoms with Gasteiger partial charge in [-0.3, -0.25) is 14.4 Å². The molecule has 10 nitrogen and oxygen atoms in total. The van der Waals surface area contributed by atoms with Gasteiger partial charge in [0.15, 0.2) is 23.6 Å². The van der Waals surface area contributed by atoms with Crippen LogP contribution in [0.1, 0.15) is 75.8 Å². The van der Waals surface area contributed by atoms with Gasteiger partial charge in [-0.2, -0.15) is 0 Å². The number of phenols is 2. The average Bonchev–Trinajstić information content (AvgIpc) is 2.82. The van der Waals surface area contributed by atoms with Crippen LogP contribution in [0.3, 0.4) is 0 Å². The number of aliphatic hydroxyl groups is 2. The first-order valence-electron chi connectivity index (χ1n) is 11.7. The molecule has 2 unspecified atom stereocenters. The van der Waals surface area contributed by atoms with Crippen molar-refractivity contribution in [3.05, 3.63) is 57.6 Å². The standard InChI is InChI=1S/C26H27NO9/c1-10-21(29)15(27)7-17(35-10)36-16-9-26(34,11(2)28)8-14-18(16)25(33)20-19(24(14)32)22(30)12-5-3-4-6-13(12)23(20)31/h3-6,10,15-17,21,29,32-34H,7-9,27H2,1-2H3/t10-,15-,16-,17?,21?,26-/m0/s1. The van der Waals surface area contributed by atoms with Crippen molar-refractivity contribution in [2.45, 2.75) is 69.4 Å². The molecule has 6 atom stereocenters. The molecule has 1 saturated heterocycles. The van der Waals surface area contributed by atoms with Gasteiger partial charge in [-0.15, -0.1) is 0 Å². The molecule has 190 valence electrons. The average molecular weight is 498 g/mol. The van der Waals surface area contributed by atoms with Gasteiger partial charge in [0.05, 0.1) is 29.4 Å². The Balaban J connectivity index is 1.66. The van der Waals surface area contributed by atoms with Crippen LogP contribution in [0.2, 0.25) is 0 Å². The number of carbonyl (C=O) groups is 3. The molecule has 2 aromatic rings. The molecule has 6 N–H and O–H groups in total. The number of benzene rings is 2. The van der Waals surface area contributed by atoms with Crippen LogP contribution in [-0.4, -0.2) is 67.9 Å². The molecule has 3 aliphatic rings. The van der Waals surface area contributed by atoms with Crippen LogP contribution in [0.5, 0.6) is 11.5 Å². The SMILES string of the molecule is CC(=O)[C@]1(O)Cc2c(O)c3c(c(O)c2[C@@H](OC2C[C@H](N)C(O)[C@H](C)O2)C1)C(=O)c1ccccc1C3=O. The number of hydrogen-bond acceptors (Lipinski definition) is 10. The number of ketones is 3. The summed E-state index contributed by atoms with van der Waals surface area (Å²) in [6.07, 6.45) is -4.38. The second-order valence-electron chi connectivity index (χ2n) is 9.80. The van der Waals surface area contributed by atoms with Gasteiger partial charge < -0.3 is 35.6 Å². The smallest absolute Gasteiger partial charge is 0.198 e. The summed E-state index contributed by atoms with van der Waals surface area (Å²) in [4.78, 5) is 39.0. The van der Waals surface area contributed by atoms with Crippen LogP contribution in [0, 0.1) is 0 Å². The number of nitrogens with two attached hydrogens (primary N) is 1. The van der Waals surface area contributed by atoms with Crippen molar-refractivity contribution in [1.29, 1.82) is 0 Å². The van der Waals surface area contributed by atoms with E-state index in [4.69, 9.17) is 15.2 Å². The Morgan fingerprint density at radius 1 is 1.11 bits per heavy atom. The predicted molar refractivity (Wildman–Crippen MR) is 124 cm³/mol. The topological polar surface area (TPSA) is 177 Å². The van der Waals surface area contributed by atoms with Gasteiger partial charge in [0.25, 0.3) is 0 Å². The molecule has 0 aromatic heterocycles. The van der Waals surface area contributed by atoms with Crippen molar-refractivity contribution < 1.29 is 44.3 Å². The molecule has 0 radical (unpaired) electrons. The lowest BCUT2D eigenvalue weighted by Crippen LogP contribution is -2.52. The Hall–Kier alpha value is -3.15. The Morgan fingerprint density at radius 3 is 2.25 bits per heavy atom. The summed E-state index contributed by atoms with van der Waals surface area (Å²) < 4.78 is 11.8. The van der Waals surface area contributed by atoms with Crippen molar-refractivity contribution >= 4 is 17.3 Å². The first kappa shape index (κ1) is 24.5. The number of aliphatic hydroxyl groups excluding tert-OH is 1. The van der Waals surface area contributed by atoms with Gasteiger partial charge in [-0.25, -0.2) is 0 Å². The van der Waals surface area contributed by atoms with Gasteiger partial charge in [-0.1, -0.05) is 24.3 Å². The highest BCUT2D eigenvalue weighted by Crippen LogP contribution is 2.51. The minimum atomic E-state index is -1.97. The fourth-order valence-electron chi connectivity index (χ4n) is 5.42. The van der Waals surface area contributed by atoms with Crippen molar-refractivity contribution in [1.82, 2.24) is 0 Å². The summed E-state index contributed by atoms with van der Waals surface area (Å²) in [5.41, 5.74) is 3.38. The van der Waals surface area contributed by atoms with E-state index in [0.717, 1.165) is 0 Å². The van der Waals surface area contributed by atoms with Gasteiger partial charge >= 0.3 is 0 Å². The summed E-state index contributed by atoms with van der Waals surface area (Å²) in [5.74, 6) is -3.06. The van der Waals surface area contributed by atoms with Crippen LogP contribution in [0.15, 0.2) is 24.3 Å². The molecule has 2 aliphatic carbocycles. The number of rotatable bonds is 3. The van der Waals surface area contributed by atoms with Crippen molar-refractivity contribution in [2.75, 3.05) is 0 Å². The predicted octanol–water partition coefficient (Wildman–Crippen LogP) is 1.02. The zero-order valence-electron chi connectivity index (χ0n) is 19.7. The highest BCUT2D eigenvalue weighted by Gasteiger charge is 2.49. The van der Waals surface area contributed by atoms with Crippen LogP contribution < -0.4 is 5.73 Å². The molecule has 5 rings (SSSR count). The van der Waals surface area contributed by atoms with E-state index >= 15 is 0 Å². The second-order valence-corrected chi connectivity index (χ2v) is 9.80. The van der Waals surface area contributed by atoms with Gasteiger partial charge in [0.2, 0.25) is 0 Å². The number of aromatic hydroxyl groups is 2. The van der Waals surface area contributed by atoms with Crippen molar-refractivity contribution in [3.63, 3.8) is 0 Å². The summed E-state index contributed by atoms with van der Waals surface area (Å²) >= 11 is 0. The fourth-order valence-corrected chi connectivity index (χ4v) is 5.42. The Kier molecular flexibility index (Phi) is 5.77. The lowest BCUT2D eigenvalue weighted by Gasteiger charge is -2.42. The summed E-state index contributed by atoms with van der Waals surface area (Å²) in [7, 11) is 0. The minimum absolute atomic E-state index is 0.00588. The minimum Gasteiger partial charge on any atom is -0.507 e. The molecule has 10 heteroatoms. The van der Waals surface area contributed by atoms with Gasteiger partial charge in [0.1, 0.15) is 17.1 Å². The lowest BCUT2D eigenvalue weighted by atomic mass is 9.72. The maximum Gasteiger partial charge on any atom is 0.198 e. The maximum atomic E-state index is 13.3. The molecule has 0 saturated carbocycles. The molecule has 1 heterocycles. The van der Waals surface area contributed by atoms with E-state index in [1.54, 1.807) is 19.1 Å². The molecular weight excluding hydrogens is 470 g/mol. The highest BCUT2D eigenvalue weighted by molar-refractivity contribution is 6.30. The molecule has 2 aromatic carbocycles. The Bertz CT molecular complexity index is 1290. The number of phenolic OH excluding ortho intramolecular Hbond substituents is 2. The van der Waals surface area contributed by atoms with E-state index in [-0.39, 0.29) is 46.2 Å². The Labute approximate surface area is 206 Å². The van der Waals surface area contributed by atoms with Crippen LogP contribution in [0.4, 0.5) is 0 Å². The summed E-state index contributed by atoms with van der Waals surface area (Å²) in [6, 6.07) is 5.40. The first-order chi connectivity index (χ1) is 16.9. The van der Waals surface area contributed by atoms with E-state index in [0.29, 0.717) is 0 Å². The highest BCUT2D eigenvalue weighted by atomic mass is 16.7. The molecule has 0 spiro atoms. The third kappa shape index (κ3) is 3.56. The third-order valence-corrected chi connectivity index (χ3v) is 7.50. The molecule has 0 bridgehead atoms. The van der Waals surface area contributed by atoms with Crippen LogP contribution in [-0.2, 0) is 20.7 Å². The zero-order valence-corrected chi connectivity index (χ0v) is 19.7. The third-order valence-electron chi connectivity index (χ3n) is 7.50. The zero-order chi connectivity index (χ0) is 26.1. The fraction of sp³-hybridized carbons (Fsp3) is 0.423. The van der Waals surface area contributed by atoms with Gasteiger partial charge in [0, 0.05) is 47.6 Å². The number of fused-ring (bicyclic) bond motifs is 3. The lowest BCUT2D eigenvalue weighted by molar-refractivity contribution is -0.247.